The van der Waals surface area contributed by atoms with Crippen LogP contribution in [0.2, 0.25) is 0 Å². The van der Waals surface area contributed by atoms with Gasteiger partial charge in [0.1, 0.15) is 0 Å². The summed E-state index contributed by atoms with van der Waals surface area (Å²) >= 11 is 0. The maximum absolute atomic E-state index is 11.0. The number of carboxylic acid groups (broad SMARTS) is 1. The predicted molar refractivity (Wildman–Crippen MR) is 77.4 cm³/mol. The topological polar surface area (TPSA) is 49.3 Å². The summed E-state index contributed by atoms with van der Waals surface area (Å²) in [4.78, 5) is 11.0. The highest BCUT2D eigenvalue weighted by Crippen LogP contribution is 2.58. The molecule has 3 nitrogen and oxygen atoms in total. The van der Waals surface area contributed by atoms with Gasteiger partial charge in [-0.1, -0.05) is 6.42 Å². The first-order valence-corrected chi connectivity index (χ1v) is 8.71. The molecule has 5 unspecified atom stereocenters. The van der Waals surface area contributed by atoms with Gasteiger partial charge in [0.25, 0.3) is 0 Å². The number of hydrogen-bond donors (Lipinski definition) is 2. The lowest BCUT2D eigenvalue weighted by Gasteiger charge is -2.36. The Labute approximate surface area is 121 Å². The summed E-state index contributed by atoms with van der Waals surface area (Å²) in [5.74, 6) is 3.40. The van der Waals surface area contributed by atoms with Crippen LogP contribution in [0.3, 0.4) is 0 Å². The molecule has 4 aliphatic carbocycles. The zero-order valence-corrected chi connectivity index (χ0v) is 12.3. The number of rotatable bonds is 3. The predicted octanol–water partition coefficient (Wildman–Crippen LogP) is 3.04. The van der Waals surface area contributed by atoms with Gasteiger partial charge in [-0.3, -0.25) is 4.79 Å². The summed E-state index contributed by atoms with van der Waals surface area (Å²) in [6.45, 7) is 0. The van der Waals surface area contributed by atoms with E-state index in [2.05, 4.69) is 5.32 Å². The number of carbonyl (C=O) groups is 1. The van der Waals surface area contributed by atoms with Crippen LogP contribution in [0.4, 0.5) is 0 Å². The van der Waals surface area contributed by atoms with Gasteiger partial charge >= 0.3 is 5.97 Å². The standard InChI is InChI=1S/C17H27NO2/c19-17(20)10-4-6-12(7-5-10)18-16-9-11-8-15(16)14-3-1-2-13(11)14/h10-16,18H,1-9H2,(H,19,20). The van der Waals surface area contributed by atoms with Crippen molar-refractivity contribution in [2.45, 2.75) is 69.9 Å². The van der Waals surface area contributed by atoms with Crippen molar-refractivity contribution in [2.24, 2.45) is 29.6 Å². The van der Waals surface area contributed by atoms with E-state index in [0.717, 1.165) is 55.4 Å². The molecule has 0 aliphatic heterocycles. The smallest absolute Gasteiger partial charge is 0.306 e. The molecule has 5 atom stereocenters. The maximum Gasteiger partial charge on any atom is 0.306 e. The highest BCUT2D eigenvalue weighted by atomic mass is 16.4. The van der Waals surface area contributed by atoms with E-state index >= 15 is 0 Å². The van der Waals surface area contributed by atoms with Crippen molar-refractivity contribution in [3.8, 4) is 0 Å². The summed E-state index contributed by atoms with van der Waals surface area (Å²) in [7, 11) is 0. The van der Waals surface area contributed by atoms with Crippen molar-refractivity contribution in [3.63, 3.8) is 0 Å². The van der Waals surface area contributed by atoms with Gasteiger partial charge in [0.15, 0.2) is 0 Å². The molecule has 0 amide bonds. The van der Waals surface area contributed by atoms with Gasteiger partial charge in [-0.2, -0.15) is 0 Å². The molecule has 0 radical (unpaired) electrons. The van der Waals surface area contributed by atoms with E-state index in [0.29, 0.717) is 6.04 Å². The average Bonchev–Trinajstić information content (AvgIpc) is 3.11. The van der Waals surface area contributed by atoms with Crippen molar-refractivity contribution in [1.82, 2.24) is 5.32 Å². The van der Waals surface area contributed by atoms with Crippen LogP contribution in [0.1, 0.15) is 57.8 Å². The van der Waals surface area contributed by atoms with Gasteiger partial charge in [-0.25, -0.2) is 0 Å². The molecule has 3 heteroatoms. The minimum absolute atomic E-state index is 0.0766. The van der Waals surface area contributed by atoms with E-state index in [9.17, 15) is 4.79 Å². The number of hydrogen-bond acceptors (Lipinski definition) is 2. The summed E-state index contributed by atoms with van der Waals surface area (Å²) in [5, 5.41) is 13.0. The number of aliphatic carboxylic acids is 1. The third kappa shape index (κ3) is 2.09. The Morgan fingerprint density at radius 2 is 1.65 bits per heavy atom. The molecule has 4 rings (SSSR count). The molecule has 0 heterocycles. The van der Waals surface area contributed by atoms with Gasteiger partial charge < -0.3 is 10.4 Å². The van der Waals surface area contributed by atoms with Crippen LogP contribution in [-0.4, -0.2) is 23.2 Å². The second-order valence-corrected chi connectivity index (χ2v) is 7.81. The van der Waals surface area contributed by atoms with E-state index in [-0.39, 0.29) is 5.92 Å². The van der Waals surface area contributed by atoms with E-state index < -0.39 is 5.97 Å². The molecule has 4 saturated carbocycles. The molecular weight excluding hydrogens is 250 g/mol. The fourth-order valence-corrected chi connectivity index (χ4v) is 6.07. The van der Waals surface area contributed by atoms with Gasteiger partial charge in [0.05, 0.1) is 5.92 Å². The highest BCUT2D eigenvalue weighted by molar-refractivity contribution is 5.70. The van der Waals surface area contributed by atoms with Crippen molar-refractivity contribution < 1.29 is 9.90 Å². The molecular formula is C17H27NO2. The molecule has 4 fully saturated rings. The van der Waals surface area contributed by atoms with Crippen LogP contribution in [0.25, 0.3) is 0 Å². The van der Waals surface area contributed by atoms with Crippen LogP contribution in [-0.2, 0) is 4.79 Å². The maximum atomic E-state index is 11.0. The van der Waals surface area contributed by atoms with Crippen LogP contribution in [0, 0.1) is 29.6 Å². The number of nitrogens with one attached hydrogen (secondary N) is 1. The Morgan fingerprint density at radius 3 is 2.40 bits per heavy atom. The Kier molecular flexibility index (Phi) is 3.29. The molecule has 112 valence electrons. The fraction of sp³-hybridized carbons (Fsp3) is 0.941. The molecule has 20 heavy (non-hydrogen) atoms. The molecule has 0 aromatic carbocycles. The number of carboxylic acids is 1. The SMILES string of the molecule is O=C(O)C1CCC(NC2CC3CC2C2CCCC32)CC1. The summed E-state index contributed by atoms with van der Waals surface area (Å²) in [5.41, 5.74) is 0. The van der Waals surface area contributed by atoms with E-state index in [4.69, 9.17) is 5.11 Å². The third-order valence-electron chi connectivity index (χ3n) is 6.95. The Balaban J connectivity index is 1.32. The zero-order chi connectivity index (χ0) is 13.7. The second kappa shape index (κ2) is 5.01. The third-order valence-corrected chi connectivity index (χ3v) is 6.95. The van der Waals surface area contributed by atoms with Crippen molar-refractivity contribution >= 4 is 5.97 Å². The quantitative estimate of drug-likeness (QED) is 0.833. The van der Waals surface area contributed by atoms with Crippen LogP contribution < -0.4 is 5.32 Å². The van der Waals surface area contributed by atoms with Gasteiger partial charge in [-0.05, 0) is 75.0 Å². The van der Waals surface area contributed by atoms with Crippen LogP contribution in [0.5, 0.6) is 0 Å². The van der Waals surface area contributed by atoms with Crippen molar-refractivity contribution in [1.29, 1.82) is 0 Å². The Morgan fingerprint density at radius 1 is 0.900 bits per heavy atom. The summed E-state index contributed by atoms with van der Waals surface area (Å²) < 4.78 is 0. The lowest BCUT2D eigenvalue weighted by molar-refractivity contribution is -0.142. The molecule has 4 aliphatic rings. The molecule has 0 aromatic rings. The molecule has 0 spiro atoms. The van der Waals surface area contributed by atoms with Gasteiger partial charge in [-0.15, -0.1) is 0 Å². The van der Waals surface area contributed by atoms with Crippen molar-refractivity contribution in [2.75, 3.05) is 0 Å². The largest absolute Gasteiger partial charge is 0.481 e. The summed E-state index contributed by atoms with van der Waals surface area (Å²) in [6.07, 6.45) is 11.2. The van der Waals surface area contributed by atoms with E-state index in [1.54, 1.807) is 0 Å². The monoisotopic (exact) mass is 277 g/mol. The zero-order valence-electron chi connectivity index (χ0n) is 12.3. The first-order valence-electron chi connectivity index (χ1n) is 8.71. The number of fused-ring (bicyclic) bond motifs is 5. The summed E-state index contributed by atoms with van der Waals surface area (Å²) in [6, 6.07) is 1.35. The van der Waals surface area contributed by atoms with E-state index in [1.165, 1.54) is 32.1 Å². The second-order valence-electron chi connectivity index (χ2n) is 7.81. The minimum Gasteiger partial charge on any atom is -0.481 e. The molecule has 0 saturated heterocycles. The molecule has 2 bridgehead atoms. The first-order chi connectivity index (χ1) is 9.72. The average molecular weight is 277 g/mol. The van der Waals surface area contributed by atoms with Gasteiger partial charge in [0, 0.05) is 12.1 Å². The minimum atomic E-state index is -0.586. The first kappa shape index (κ1) is 13.1. The fourth-order valence-electron chi connectivity index (χ4n) is 6.07. The van der Waals surface area contributed by atoms with Crippen molar-refractivity contribution in [3.05, 3.63) is 0 Å². The molecule has 0 aromatic heterocycles. The Bertz CT molecular complexity index is 388. The lowest BCUT2D eigenvalue weighted by atomic mass is 9.78. The lowest BCUT2D eigenvalue weighted by Crippen LogP contribution is -2.46. The van der Waals surface area contributed by atoms with Crippen LogP contribution in [0.15, 0.2) is 0 Å². The van der Waals surface area contributed by atoms with E-state index in [1.807, 2.05) is 0 Å². The van der Waals surface area contributed by atoms with Gasteiger partial charge in [0.2, 0.25) is 0 Å². The molecule has 2 N–H and O–H groups in total. The van der Waals surface area contributed by atoms with Crippen LogP contribution >= 0.6 is 0 Å². The normalized spacial score (nSPS) is 50.3. The highest BCUT2D eigenvalue weighted by Gasteiger charge is 2.53. The Hall–Kier alpha value is -0.570.